The number of piperidine rings is 1. The van der Waals surface area contributed by atoms with E-state index in [4.69, 9.17) is 0 Å². The molecule has 1 aromatic carbocycles. The molecule has 2 aromatic rings. The SMILES string of the molecule is CC1(C)CCN(C(=O)Nc2cnn(C(F)F)c2)CC1c1ccccc1. The second-order valence-electron chi connectivity index (χ2n) is 7.06. The number of amides is 2. The molecule has 0 saturated carbocycles. The fourth-order valence-corrected chi connectivity index (χ4v) is 3.29. The van der Waals surface area contributed by atoms with Gasteiger partial charge in [-0.1, -0.05) is 44.2 Å². The molecule has 134 valence electrons. The fraction of sp³-hybridized carbons (Fsp3) is 0.444. The third-order valence-corrected chi connectivity index (χ3v) is 4.91. The fourth-order valence-electron chi connectivity index (χ4n) is 3.29. The van der Waals surface area contributed by atoms with Crippen LogP contribution < -0.4 is 5.32 Å². The summed E-state index contributed by atoms with van der Waals surface area (Å²) in [6.07, 6.45) is 3.23. The van der Waals surface area contributed by atoms with E-state index in [1.807, 2.05) is 18.2 Å². The number of nitrogens with one attached hydrogen (secondary N) is 1. The van der Waals surface area contributed by atoms with Crippen LogP contribution in [0.3, 0.4) is 0 Å². The first-order valence-electron chi connectivity index (χ1n) is 8.30. The van der Waals surface area contributed by atoms with E-state index in [0.717, 1.165) is 12.6 Å². The predicted molar refractivity (Wildman–Crippen MR) is 91.7 cm³/mol. The Labute approximate surface area is 145 Å². The molecule has 3 rings (SSSR count). The number of anilines is 1. The second kappa shape index (κ2) is 6.82. The Hall–Kier alpha value is -2.44. The smallest absolute Gasteiger partial charge is 0.324 e. The molecule has 1 aromatic heterocycles. The van der Waals surface area contributed by atoms with Crippen molar-refractivity contribution in [3.63, 3.8) is 0 Å². The minimum Gasteiger partial charge on any atom is -0.324 e. The zero-order chi connectivity index (χ0) is 18.0. The molecule has 1 saturated heterocycles. The third kappa shape index (κ3) is 3.81. The number of nitrogens with zero attached hydrogens (tertiary/aromatic N) is 3. The number of hydrogen-bond acceptors (Lipinski definition) is 2. The molecule has 1 atom stereocenters. The summed E-state index contributed by atoms with van der Waals surface area (Å²) in [6.45, 7) is 2.93. The first-order chi connectivity index (χ1) is 11.9. The summed E-state index contributed by atoms with van der Waals surface area (Å²) in [7, 11) is 0. The lowest BCUT2D eigenvalue weighted by molar-refractivity contribution is 0.0566. The summed E-state index contributed by atoms with van der Waals surface area (Å²) >= 11 is 0. The van der Waals surface area contributed by atoms with Gasteiger partial charge in [-0.2, -0.15) is 13.9 Å². The summed E-state index contributed by atoms with van der Waals surface area (Å²) < 4.78 is 25.7. The number of alkyl halides is 2. The van der Waals surface area contributed by atoms with Gasteiger partial charge in [0.2, 0.25) is 0 Å². The first kappa shape index (κ1) is 17.4. The summed E-state index contributed by atoms with van der Waals surface area (Å²) in [5.74, 6) is 0.219. The van der Waals surface area contributed by atoms with Gasteiger partial charge in [0.1, 0.15) is 0 Å². The largest absolute Gasteiger partial charge is 0.333 e. The summed E-state index contributed by atoms with van der Waals surface area (Å²) in [5.41, 5.74) is 1.56. The molecule has 25 heavy (non-hydrogen) atoms. The Morgan fingerprint density at radius 3 is 2.68 bits per heavy atom. The van der Waals surface area contributed by atoms with Crippen molar-refractivity contribution in [3.05, 3.63) is 48.3 Å². The lowest BCUT2D eigenvalue weighted by atomic mass is 9.70. The molecule has 7 heteroatoms. The van der Waals surface area contributed by atoms with Crippen molar-refractivity contribution < 1.29 is 13.6 Å². The topological polar surface area (TPSA) is 50.2 Å². The van der Waals surface area contributed by atoms with Crippen LogP contribution in [0.2, 0.25) is 0 Å². The highest BCUT2D eigenvalue weighted by molar-refractivity contribution is 5.89. The monoisotopic (exact) mass is 348 g/mol. The van der Waals surface area contributed by atoms with Gasteiger partial charge >= 0.3 is 12.6 Å². The number of carbonyl (C=O) groups excluding carboxylic acids is 1. The maximum absolute atomic E-state index is 12.6. The van der Waals surface area contributed by atoms with Crippen LogP contribution >= 0.6 is 0 Å². The summed E-state index contributed by atoms with van der Waals surface area (Å²) in [6, 6.07) is 9.86. The zero-order valence-corrected chi connectivity index (χ0v) is 14.3. The van der Waals surface area contributed by atoms with Gasteiger partial charge in [0.15, 0.2) is 0 Å². The van der Waals surface area contributed by atoms with Crippen molar-refractivity contribution in [3.8, 4) is 0 Å². The molecule has 2 heterocycles. The standard InChI is InChI=1S/C18H22F2N4O/c1-18(2)8-9-23(12-15(18)13-6-4-3-5-7-13)17(25)22-14-10-21-24(11-14)16(19)20/h3-7,10-11,15-16H,8-9,12H2,1-2H3,(H,22,25). The average molecular weight is 348 g/mol. The van der Waals surface area contributed by atoms with E-state index in [-0.39, 0.29) is 23.1 Å². The lowest BCUT2D eigenvalue weighted by Gasteiger charge is -2.44. The number of benzene rings is 1. The van der Waals surface area contributed by atoms with Crippen LogP contribution in [0.25, 0.3) is 0 Å². The van der Waals surface area contributed by atoms with Crippen LogP contribution in [0.4, 0.5) is 19.3 Å². The van der Waals surface area contributed by atoms with Gasteiger partial charge in [-0.05, 0) is 17.4 Å². The van der Waals surface area contributed by atoms with Crippen LogP contribution in [0, 0.1) is 5.41 Å². The van der Waals surface area contributed by atoms with Gasteiger partial charge in [-0.15, -0.1) is 0 Å². The Balaban J connectivity index is 1.71. The highest BCUT2D eigenvalue weighted by atomic mass is 19.3. The van der Waals surface area contributed by atoms with Crippen molar-refractivity contribution in [2.24, 2.45) is 5.41 Å². The Morgan fingerprint density at radius 1 is 1.32 bits per heavy atom. The van der Waals surface area contributed by atoms with Gasteiger partial charge in [-0.3, -0.25) is 0 Å². The molecular weight excluding hydrogens is 326 g/mol. The predicted octanol–water partition coefficient (Wildman–Crippen LogP) is 4.33. The average Bonchev–Trinajstić information content (AvgIpc) is 3.04. The van der Waals surface area contributed by atoms with Crippen LogP contribution in [0.5, 0.6) is 0 Å². The van der Waals surface area contributed by atoms with Crippen molar-refractivity contribution in [2.45, 2.75) is 32.7 Å². The number of carbonyl (C=O) groups is 1. The number of likely N-dealkylation sites (tertiary alicyclic amines) is 1. The van der Waals surface area contributed by atoms with Crippen LogP contribution in [0.1, 0.15) is 38.3 Å². The first-order valence-corrected chi connectivity index (χ1v) is 8.30. The molecule has 0 radical (unpaired) electrons. The molecule has 1 aliphatic heterocycles. The Morgan fingerprint density at radius 2 is 2.04 bits per heavy atom. The highest BCUT2D eigenvalue weighted by Gasteiger charge is 2.38. The third-order valence-electron chi connectivity index (χ3n) is 4.91. The van der Waals surface area contributed by atoms with Crippen molar-refractivity contribution in [2.75, 3.05) is 18.4 Å². The number of halogens is 2. The molecular formula is C18H22F2N4O. The van der Waals surface area contributed by atoms with Gasteiger partial charge in [0.05, 0.1) is 18.1 Å². The summed E-state index contributed by atoms with van der Waals surface area (Å²) in [5, 5.41) is 6.19. The van der Waals surface area contributed by atoms with E-state index in [9.17, 15) is 13.6 Å². The molecule has 1 N–H and O–H groups in total. The second-order valence-corrected chi connectivity index (χ2v) is 7.06. The van der Waals surface area contributed by atoms with Crippen LogP contribution in [-0.2, 0) is 0 Å². The molecule has 5 nitrogen and oxygen atoms in total. The molecule has 1 fully saturated rings. The van der Waals surface area contributed by atoms with Crippen LogP contribution in [-0.4, -0.2) is 33.8 Å². The number of aromatic nitrogens is 2. The normalized spacial score (nSPS) is 19.9. The maximum atomic E-state index is 12.6. The minimum absolute atomic E-state index is 0.0820. The van der Waals surface area contributed by atoms with E-state index >= 15 is 0 Å². The number of hydrogen-bond donors (Lipinski definition) is 1. The maximum Gasteiger partial charge on any atom is 0.333 e. The van der Waals surface area contributed by atoms with Gasteiger partial charge < -0.3 is 10.2 Å². The molecule has 1 unspecified atom stereocenters. The zero-order valence-electron chi connectivity index (χ0n) is 14.3. The van der Waals surface area contributed by atoms with E-state index in [1.165, 1.54) is 11.8 Å². The van der Waals surface area contributed by atoms with E-state index in [0.29, 0.717) is 17.8 Å². The number of rotatable bonds is 3. The molecule has 1 aliphatic rings. The van der Waals surface area contributed by atoms with Crippen molar-refractivity contribution in [1.29, 1.82) is 0 Å². The minimum atomic E-state index is -2.72. The molecule has 2 amide bonds. The van der Waals surface area contributed by atoms with Crippen LogP contribution in [0.15, 0.2) is 42.7 Å². The van der Waals surface area contributed by atoms with Gasteiger partial charge in [0.25, 0.3) is 0 Å². The highest BCUT2D eigenvalue weighted by Crippen LogP contribution is 2.42. The van der Waals surface area contributed by atoms with E-state index < -0.39 is 6.55 Å². The molecule has 0 spiro atoms. The van der Waals surface area contributed by atoms with E-state index in [1.54, 1.807) is 4.90 Å². The van der Waals surface area contributed by atoms with Crippen molar-refractivity contribution >= 4 is 11.7 Å². The number of urea groups is 1. The Bertz CT molecular complexity index is 730. The Kier molecular flexibility index (Phi) is 4.74. The van der Waals surface area contributed by atoms with E-state index in [2.05, 4.69) is 36.4 Å². The summed E-state index contributed by atoms with van der Waals surface area (Å²) in [4.78, 5) is 14.3. The van der Waals surface area contributed by atoms with Crippen molar-refractivity contribution in [1.82, 2.24) is 14.7 Å². The van der Waals surface area contributed by atoms with Gasteiger partial charge in [-0.25, -0.2) is 9.48 Å². The lowest BCUT2D eigenvalue weighted by Crippen LogP contribution is -2.47. The van der Waals surface area contributed by atoms with Gasteiger partial charge in [0, 0.05) is 19.0 Å². The molecule has 0 aliphatic carbocycles. The quantitative estimate of drug-likeness (QED) is 0.898. The molecule has 0 bridgehead atoms.